The van der Waals surface area contributed by atoms with E-state index < -0.39 is 23.5 Å². The molecular weight excluding hydrogens is 850 g/mol. The number of anilines is 3. The van der Waals surface area contributed by atoms with E-state index in [1.54, 1.807) is 14.2 Å². The lowest BCUT2D eigenvalue weighted by molar-refractivity contribution is -0.0855. The Bertz CT molecular complexity index is 2510. The molecule has 67 heavy (non-hydrogen) atoms. The third kappa shape index (κ3) is 9.87. The van der Waals surface area contributed by atoms with Crippen LogP contribution in [0.3, 0.4) is 0 Å². The fraction of sp³-hybridized carbons (Fsp3) is 0.472. The molecule has 4 atom stereocenters. The Morgan fingerprint density at radius 2 is 1.67 bits per heavy atom. The van der Waals surface area contributed by atoms with E-state index in [0.29, 0.717) is 50.6 Å². The number of hydrogen-bond acceptors (Lipinski definition) is 12. The Labute approximate surface area is 394 Å². The van der Waals surface area contributed by atoms with E-state index in [-0.39, 0.29) is 24.2 Å². The van der Waals surface area contributed by atoms with Gasteiger partial charge in [0.25, 0.3) is 0 Å². The number of carbonyl (C=O) groups is 1. The van der Waals surface area contributed by atoms with Crippen molar-refractivity contribution >= 4 is 23.4 Å². The molecule has 1 amide bonds. The maximum atomic E-state index is 15.0. The highest BCUT2D eigenvalue weighted by Gasteiger charge is 2.50. The first kappa shape index (κ1) is 46.1. The quantitative estimate of drug-likeness (QED) is 0.114. The molecule has 0 saturated carbocycles. The molecule has 9 rings (SSSR count). The molecule has 13 nitrogen and oxygen atoms in total. The van der Waals surface area contributed by atoms with Crippen molar-refractivity contribution in [2.24, 2.45) is 0 Å². The van der Waals surface area contributed by atoms with Gasteiger partial charge in [0, 0.05) is 62.5 Å². The lowest BCUT2D eigenvalue weighted by Gasteiger charge is -2.43. The maximum absolute atomic E-state index is 15.0. The van der Waals surface area contributed by atoms with Gasteiger partial charge in [0.05, 0.1) is 43.7 Å². The number of aryl methyl sites for hydroxylation is 1. The van der Waals surface area contributed by atoms with Gasteiger partial charge in [0.15, 0.2) is 0 Å². The summed E-state index contributed by atoms with van der Waals surface area (Å²) in [5.41, 5.74) is 6.17. The minimum absolute atomic E-state index is 0.219. The van der Waals surface area contributed by atoms with Crippen molar-refractivity contribution in [3.63, 3.8) is 0 Å². The summed E-state index contributed by atoms with van der Waals surface area (Å²) in [7, 11) is 5.41. The van der Waals surface area contributed by atoms with Crippen LogP contribution >= 0.6 is 0 Å². The number of carbonyl (C=O) groups excluding carboxylic acids is 1. The Morgan fingerprint density at radius 1 is 0.955 bits per heavy atom. The summed E-state index contributed by atoms with van der Waals surface area (Å²) in [5.74, 6) is 3.16. The Balaban J connectivity index is 1.07. The van der Waals surface area contributed by atoms with Crippen LogP contribution in [0.25, 0.3) is 0 Å². The molecule has 1 N–H and O–H groups in total. The first-order chi connectivity index (χ1) is 32.2. The molecule has 3 aliphatic heterocycles. The van der Waals surface area contributed by atoms with Crippen LogP contribution in [0.2, 0.25) is 0 Å². The number of methoxy groups -OCH3 is 2. The van der Waals surface area contributed by atoms with Crippen LogP contribution in [0, 0.1) is 0 Å². The highest BCUT2D eigenvalue weighted by atomic mass is 19.1. The van der Waals surface area contributed by atoms with Gasteiger partial charge in [0.2, 0.25) is 0 Å². The Kier molecular flexibility index (Phi) is 13.0. The number of hydrogen-bond donors (Lipinski definition) is 1. The number of fused-ring (bicyclic) bond motifs is 4. The average molecular weight is 914 g/mol. The second-order valence-electron chi connectivity index (χ2n) is 19.7. The SMILES string of the molecule is COc1ccc(CN(Cc2ccc(OC)cc2)c2ncccc2[C@@H](C)N(C)c2nc(OC[C@@]34CCCN3C[C@H](F)C4)nc3c2CO[C@@]2(CCCc4ccc(NC(=O)OC(C)(C)C)cc42)C3)cc1. The number of aromatic nitrogens is 3. The molecule has 1 aliphatic carbocycles. The van der Waals surface area contributed by atoms with Crippen LogP contribution in [0.5, 0.6) is 17.5 Å². The van der Waals surface area contributed by atoms with Gasteiger partial charge >= 0.3 is 12.1 Å². The summed E-state index contributed by atoms with van der Waals surface area (Å²) in [6.45, 7) is 10.8. The molecule has 14 heteroatoms. The molecule has 5 aromatic rings. The van der Waals surface area contributed by atoms with Crippen molar-refractivity contribution in [3.8, 4) is 17.5 Å². The second-order valence-corrected chi connectivity index (χ2v) is 19.7. The van der Waals surface area contributed by atoms with Crippen molar-refractivity contribution in [3.05, 3.63) is 124 Å². The minimum Gasteiger partial charge on any atom is -0.497 e. The van der Waals surface area contributed by atoms with Gasteiger partial charge in [-0.25, -0.2) is 14.2 Å². The predicted molar refractivity (Wildman–Crippen MR) is 257 cm³/mol. The van der Waals surface area contributed by atoms with Crippen LogP contribution in [0.15, 0.2) is 85.1 Å². The number of alkyl halides is 1. The molecule has 2 aromatic heterocycles. The van der Waals surface area contributed by atoms with Gasteiger partial charge < -0.3 is 33.5 Å². The number of nitrogens with zero attached hydrogens (tertiary/aromatic N) is 6. The molecule has 0 radical (unpaired) electrons. The summed E-state index contributed by atoms with van der Waals surface area (Å²) in [5, 5.41) is 2.95. The summed E-state index contributed by atoms with van der Waals surface area (Å²) in [4.78, 5) is 35.1. The third-order valence-electron chi connectivity index (χ3n) is 14.0. The normalized spacial score (nSPS) is 21.5. The van der Waals surface area contributed by atoms with Gasteiger partial charge in [0.1, 0.15) is 41.5 Å². The lowest BCUT2D eigenvalue weighted by Crippen LogP contribution is -2.44. The first-order valence-electron chi connectivity index (χ1n) is 23.6. The Hall–Kier alpha value is -5.99. The number of amides is 1. The van der Waals surface area contributed by atoms with Crippen molar-refractivity contribution < 1.29 is 32.9 Å². The van der Waals surface area contributed by atoms with E-state index in [1.165, 1.54) is 5.56 Å². The van der Waals surface area contributed by atoms with Crippen LogP contribution in [0.1, 0.15) is 105 Å². The zero-order valence-electron chi connectivity index (χ0n) is 39.9. The number of halogens is 1. The number of nitrogens with one attached hydrogen (secondary N) is 1. The molecule has 4 aliphatic rings. The van der Waals surface area contributed by atoms with Gasteiger partial charge in [-0.3, -0.25) is 10.2 Å². The van der Waals surface area contributed by atoms with Crippen molar-refractivity contribution in [1.82, 2.24) is 19.9 Å². The monoisotopic (exact) mass is 913 g/mol. The fourth-order valence-electron chi connectivity index (χ4n) is 10.6. The van der Waals surface area contributed by atoms with Gasteiger partial charge in [-0.05, 0) is 131 Å². The van der Waals surface area contributed by atoms with Gasteiger partial charge in [-0.15, -0.1) is 0 Å². The number of ether oxygens (including phenoxy) is 5. The smallest absolute Gasteiger partial charge is 0.412 e. The molecular formula is C53H64FN7O6. The van der Waals surface area contributed by atoms with E-state index in [2.05, 4.69) is 70.4 Å². The zero-order valence-corrected chi connectivity index (χ0v) is 39.9. The standard InChI is InChI=1S/C53H64FN7O6/c1-35(43-12-9-25-55-47(43)60(30-36-13-19-41(63-6)20-14-36)31-37-15-21-42(64-7)22-16-37)59(5)48-44-33-66-53(24-8-11-38-17-18-40(27-45(38)53)56-50(62)67-51(2,3)4)29-46(44)57-49(58-48)65-34-52-23-10-26-61(52)32-39(54)28-52/h9,12-22,25,27,35,39H,8,10-11,23-24,26,28-34H2,1-7H3,(H,56,62)/t35-,39-,52+,53+/m1/s1. The van der Waals surface area contributed by atoms with E-state index in [4.69, 9.17) is 38.6 Å². The molecule has 3 aromatic carbocycles. The molecule has 5 heterocycles. The van der Waals surface area contributed by atoms with Crippen LogP contribution in [-0.4, -0.2) is 84.2 Å². The molecule has 354 valence electrons. The van der Waals surface area contributed by atoms with Crippen molar-refractivity contribution in [2.75, 3.05) is 56.1 Å². The second kappa shape index (κ2) is 19.0. The molecule has 2 saturated heterocycles. The third-order valence-corrected chi connectivity index (χ3v) is 14.0. The summed E-state index contributed by atoms with van der Waals surface area (Å²) < 4.78 is 45.2. The summed E-state index contributed by atoms with van der Waals surface area (Å²) in [6, 6.07) is 26.5. The van der Waals surface area contributed by atoms with E-state index >= 15 is 0 Å². The minimum atomic E-state index is -0.878. The van der Waals surface area contributed by atoms with E-state index in [1.807, 2.05) is 69.4 Å². The largest absolute Gasteiger partial charge is 0.497 e. The fourth-order valence-corrected chi connectivity index (χ4v) is 10.6. The first-order valence-corrected chi connectivity index (χ1v) is 23.6. The molecule has 1 spiro atoms. The van der Waals surface area contributed by atoms with Crippen LogP contribution in [-0.2, 0) is 47.6 Å². The summed E-state index contributed by atoms with van der Waals surface area (Å²) in [6.07, 6.45) is 5.91. The van der Waals surface area contributed by atoms with Gasteiger partial charge in [-0.2, -0.15) is 9.97 Å². The summed E-state index contributed by atoms with van der Waals surface area (Å²) >= 11 is 0. The van der Waals surface area contributed by atoms with E-state index in [9.17, 15) is 9.18 Å². The predicted octanol–water partition coefficient (Wildman–Crippen LogP) is 9.90. The number of pyridine rings is 1. The topological polar surface area (TPSA) is 124 Å². The van der Waals surface area contributed by atoms with Crippen molar-refractivity contribution in [1.29, 1.82) is 0 Å². The van der Waals surface area contributed by atoms with Crippen molar-refractivity contribution in [2.45, 2.75) is 121 Å². The molecule has 2 fully saturated rings. The number of rotatable bonds is 14. The highest BCUT2D eigenvalue weighted by molar-refractivity contribution is 5.85. The average Bonchev–Trinajstić information content (AvgIpc) is 3.85. The maximum Gasteiger partial charge on any atom is 0.412 e. The zero-order chi connectivity index (χ0) is 46.9. The lowest BCUT2D eigenvalue weighted by atomic mass is 9.74. The van der Waals surface area contributed by atoms with Gasteiger partial charge in [-0.1, -0.05) is 36.4 Å². The molecule has 0 unspecified atom stereocenters. The van der Waals surface area contributed by atoms with Crippen LogP contribution in [0.4, 0.5) is 26.5 Å². The molecule has 0 bridgehead atoms. The van der Waals surface area contributed by atoms with Crippen LogP contribution < -0.4 is 29.3 Å². The van der Waals surface area contributed by atoms with E-state index in [0.717, 1.165) is 89.5 Å². The number of benzene rings is 3. The highest BCUT2D eigenvalue weighted by Crippen LogP contribution is 2.48. The Morgan fingerprint density at radius 3 is 2.36 bits per heavy atom.